The summed E-state index contributed by atoms with van der Waals surface area (Å²) in [6, 6.07) is -1.44. The zero-order valence-electron chi connectivity index (χ0n) is 10.6. The highest BCUT2D eigenvalue weighted by Crippen LogP contribution is 2.16. The molecule has 0 saturated carbocycles. The van der Waals surface area contributed by atoms with Crippen LogP contribution in [0.1, 0.15) is 25.1 Å². The van der Waals surface area contributed by atoms with Gasteiger partial charge in [0.2, 0.25) is 0 Å². The molecule has 1 aromatic rings. The van der Waals surface area contributed by atoms with Gasteiger partial charge < -0.3 is 10.4 Å². The van der Waals surface area contributed by atoms with Crippen LogP contribution in [-0.2, 0) is 4.79 Å². The summed E-state index contributed by atoms with van der Waals surface area (Å²) in [7, 11) is 0. The van der Waals surface area contributed by atoms with Crippen LogP contribution >= 0.6 is 11.3 Å². The number of thiazole rings is 1. The summed E-state index contributed by atoms with van der Waals surface area (Å²) in [5.41, 5.74) is 0. The van der Waals surface area contributed by atoms with Crippen molar-refractivity contribution in [2.75, 3.05) is 5.32 Å². The number of hydrogen-bond donors (Lipinski definition) is 3. The Labute approximate surface area is 109 Å². The average molecular weight is 271 g/mol. The molecule has 3 N–H and O–H groups in total. The Kier molecular flexibility index (Phi) is 5.08. The minimum absolute atomic E-state index is 0.133. The fourth-order valence-electron chi connectivity index (χ4n) is 1.37. The number of carboxylic acids is 1. The Morgan fingerprint density at radius 2 is 2.22 bits per heavy atom. The Hall–Kier alpha value is -1.63. The predicted octanol–water partition coefficient (Wildman–Crippen LogP) is 2.07. The lowest BCUT2D eigenvalue weighted by Gasteiger charge is -2.19. The van der Waals surface area contributed by atoms with Gasteiger partial charge in [-0.3, -0.25) is 5.32 Å². The summed E-state index contributed by atoms with van der Waals surface area (Å²) < 4.78 is 0. The first-order chi connectivity index (χ1) is 8.43. The number of carboxylic acid groups (broad SMARTS) is 1. The van der Waals surface area contributed by atoms with Crippen LogP contribution in [0.5, 0.6) is 0 Å². The molecule has 0 fully saturated rings. The normalized spacial score (nSPS) is 13.7. The van der Waals surface area contributed by atoms with Crippen molar-refractivity contribution in [2.45, 2.75) is 33.2 Å². The molecule has 0 radical (unpaired) electrons. The molecule has 2 amide bonds. The second kappa shape index (κ2) is 6.34. The van der Waals surface area contributed by atoms with E-state index in [1.165, 1.54) is 11.3 Å². The molecular weight excluding hydrogens is 254 g/mol. The molecule has 18 heavy (non-hydrogen) atoms. The van der Waals surface area contributed by atoms with Crippen LogP contribution in [0, 0.1) is 12.8 Å². The van der Waals surface area contributed by atoms with Crippen LogP contribution in [0.4, 0.5) is 9.93 Å². The molecule has 0 aliphatic carbocycles. The molecule has 0 aliphatic rings. The molecular formula is C11H17N3O3S. The van der Waals surface area contributed by atoms with Gasteiger partial charge in [-0.15, -0.1) is 11.3 Å². The van der Waals surface area contributed by atoms with E-state index < -0.39 is 18.0 Å². The van der Waals surface area contributed by atoms with Gasteiger partial charge in [-0.2, -0.15) is 0 Å². The Bertz CT molecular complexity index is 433. The minimum atomic E-state index is -1.03. The summed E-state index contributed by atoms with van der Waals surface area (Å²) in [5, 5.41) is 14.5. The second-order valence-electron chi connectivity index (χ2n) is 4.08. The second-order valence-corrected chi connectivity index (χ2v) is 5.31. The first-order valence-corrected chi connectivity index (χ1v) is 6.48. The molecule has 7 heteroatoms. The van der Waals surface area contributed by atoms with Crippen LogP contribution in [0.15, 0.2) is 6.20 Å². The van der Waals surface area contributed by atoms with Crippen molar-refractivity contribution >= 4 is 28.5 Å². The number of rotatable bonds is 5. The molecule has 0 saturated heterocycles. The summed E-state index contributed by atoms with van der Waals surface area (Å²) in [4.78, 5) is 27.6. The van der Waals surface area contributed by atoms with Gasteiger partial charge in [0.25, 0.3) is 0 Å². The molecule has 0 bridgehead atoms. The molecule has 1 rings (SSSR count). The lowest BCUT2D eigenvalue weighted by atomic mass is 10.00. The number of aliphatic carboxylic acids is 1. The van der Waals surface area contributed by atoms with E-state index in [-0.39, 0.29) is 5.92 Å². The van der Waals surface area contributed by atoms with Crippen molar-refractivity contribution in [2.24, 2.45) is 5.92 Å². The summed E-state index contributed by atoms with van der Waals surface area (Å²) >= 11 is 1.34. The number of aromatic nitrogens is 1. The topological polar surface area (TPSA) is 91.3 Å². The first kappa shape index (κ1) is 14.4. The number of carbonyl (C=O) groups is 2. The molecule has 1 aromatic heterocycles. The van der Waals surface area contributed by atoms with Gasteiger partial charge in [0.05, 0.1) is 0 Å². The van der Waals surface area contributed by atoms with E-state index in [4.69, 9.17) is 5.11 Å². The van der Waals surface area contributed by atoms with Gasteiger partial charge >= 0.3 is 12.0 Å². The number of hydrogen-bond acceptors (Lipinski definition) is 4. The molecule has 6 nitrogen and oxygen atoms in total. The van der Waals surface area contributed by atoms with E-state index in [1.54, 1.807) is 13.1 Å². The monoisotopic (exact) mass is 271 g/mol. The number of carbonyl (C=O) groups excluding carboxylic acids is 1. The SMILES string of the molecule is CCC(C)[C@H](NC(=O)Nc1ncc(C)s1)C(=O)O. The third kappa shape index (κ3) is 3.99. The zero-order valence-corrected chi connectivity index (χ0v) is 11.4. The van der Waals surface area contributed by atoms with E-state index in [9.17, 15) is 9.59 Å². The van der Waals surface area contributed by atoms with E-state index >= 15 is 0 Å². The highest BCUT2D eigenvalue weighted by atomic mass is 32.1. The zero-order chi connectivity index (χ0) is 13.7. The average Bonchev–Trinajstić information content (AvgIpc) is 2.70. The maximum atomic E-state index is 11.6. The quantitative estimate of drug-likeness (QED) is 0.764. The van der Waals surface area contributed by atoms with Gasteiger partial charge in [-0.1, -0.05) is 20.3 Å². The number of nitrogens with one attached hydrogen (secondary N) is 2. The van der Waals surface area contributed by atoms with E-state index in [2.05, 4.69) is 15.6 Å². The number of amides is 2. The van der Waals surface area contributed by atoms with E-state index in [0.717, 1.165) is 4.88 Å². The summed E-state index contributed by atoms with van der Waals surface area (Å²) in [6.45, 7) is 5.54. The molecule has 100 valence electrons. The lowest BCUT2D eigenvalue weighted by molar-refractivity contribution is -0.140. The lowest BCUT2D eigenvalue weighted by Crippen LogP contribution is -2.46. The summed E-state index contributed by atoms with van der Waals surface area (Å²) in [6.07, 6.45) is 2.32. The summed E-state index contributed by atoms with van der Waals surface area (Å²) in [5.74, 6) is -1.17. The predicted molar refractivity (Wildman–Crippen MR) is 69.9 cm³/mol. The standard InChI is InChI=1S/C11H17N3O3S/c1-4-6(2)8(9(15)16)13-10(17)14-11-12-5-7(3)18-11/h5-6,8H,4H2,1-3H3,(H,15,16)(H2,12,13,14,17)/t6?,8-/m0/s1. The van der Waals surface area contributed by atoms with Gasteiger partial charge in [-0.05, 0) is 12.8 Å². The van der Waals surface area contributed by atoms with Gasteiger partial charge in [0, 0.05) is 11.1 Å². The first-order valence-electron chi connectivity index (χ1n) is 5.66. The highest BCUT2D eigenvalue weighted by molar-refractivity contribution is 7.15. The maximum absolute atomic E-state index is 11.6. The molecule has 1 unspecified atom stereocenters. The largest absolute Gasteiger partial charge is 0.480 e. The Morgan fingerprint density at radius 1 is 1.56 bits per heavy atom. The maximum Gasteiger partial charge on any atom is 0.326 e. The highest BCUT2D eigenvalue weighted by Gasteiger charge is 2.25. The number of anilines is 1. The van der Waals surface area contributed by atoms with Crippen molar-refractivity contribution < 1.29 is 14.7 Å². The minimum Gasteiger partial charge on any atom is -0.480 e. The number of aryl methyl sites for hydroxylation is 1. The van der Waals surface area contributed by atoms with Crippen molar-refractivity contribution in [3.05, 3.63) is 11.1 Å². The number of nitrogens with zero attached hydrogens (tertiary/aromatic N) is 1. The fraction of sp³-hybridized carbons (Fsp3) is 0.545. The van der Waals surface area contributed by atoms with Crippen LogP contribution in [0.25, 0.3) is 0 Å². The van der Waals surface area contributed by atoms with Crippen molar-refractivity contribution in [1.29, 1.82) is 0 Å². The van der Waals surface area contributed by atoms with E-state index in [0.29, 0.717) is 11.6 Å². The third-order valence-electron chi connectivity index (χ3n) is 2.61. The van der Waals surface area contributed by atoms with Crippen molar-refractivity contribution in [3.63, 3.8) is 0 Å². The van der Waals surface area contributed by atoms with Gasteiger partial charge in [0.15, 0.2) is 5.13 Å². The molecule has 0 aliphatic heterocycles. The van der Waals surface area contributed by atoms with Crippen molar-refractivity contribution in [3.8, 4) is 0 Å². The van der Waals surface area contributed by atoms with Gasteiger partial charge in [0.1, 0.15) is 6.04 Å². The molecule has 1 heterocycles. The third-order valence-corrected chi connectivity index (χ3v) is 3.44. The van der Waals surface area contributed by atoms with Crippen molar-refractivity contribution in [1.82, 2.24) is 10.3 Å². The molecule has 0 spiro atoms. The number of urea groups is 1. The Morgan fingerprint density at radius 3 is 2.67 bits per heavy atom. The Balaban J connectivity index is 2.59. The van der Waals surface area contributed by atoms with E-state index in [1.807, 2.05) is 13.8 Å². The van der Waals surface area contributed by atoms with Crippen LogP contribution in [-0.4, -0.2) is 28.1 Å². The van der Waals surface area contributed by atoms with Crippen LogP contribution in [0.2, 0.25) is 0 Å². The molecule has 0 aromatic carbocycles. The van der Waals surface area contributed by atoms with Crippen LogP contribution in [0.3, 0.4) is 0 Å². The van der Waals surface area contributed by atoms with Crippen LogP contribution < -0.4 is 10.6 Å². The molecule has 2 atom stereocenters. The smallest absolute Gasteiger partial charge is 0.326 e. The van der Waals surface area contributed by atoms with Gasteiger partial charge in [-0.25, -0.2) is 14.6 Å². The fourth-order valence-corrected chi connectivity index (χ4v) is 2.03.